The number of hydrogen-bond acceptors (Lipinski definition) is 6. The molecule has 3 rings (SSSR count). The normalized spacial score (nSPS) is 45.2. The van der Waals surface area contributed by atoms with Crippen LogP contribution in [0.5, 0.6) is 0 Å². The van der Waals surface area contributed by atoms with Gasteiger partial charge in [0.15, 0.2) is 0 Å². The standard InChI is InChI=1S/C22H32O6/c1-13-8-6-9-21(4,25)10-7-11-22(5)17(28-22)12-16-14(2)20(24)27-19(16)18(13)26-15(3)23/h7,10,13,16-19,25H,2,6,8-9,11-12H2,1,3-5H3/b10-7+/t13-,16-,17+,18+,19+,21+,22+/m0/s1. The van der Waals surface area contributed by atoms with E-state index in [4.69, 9.17) is 14.2 Å². The molecule has 7 atom stereocenters. The lowest BCUT2D eigenvalue weighted by molar-refractivity contribution is -0.165. The fraction of sp³-hybridized carbons (Fsp3) is 0.727. The van der Waals surface area contributed by atoms with Gasteiger partial charge in [0.2, 0.25) is 0 Å². The van der Waals surface area contributed by atoms with Gasteiger partial charge in [-0.15, -0.1) is 0 Å². The molecule has 2 saturated heterocycles. The smallest absolute Gasteiger partial charge is 0.334 e. The van der Waals surface area contributed by atoms with E-state index in [1.807, 2.05) is 26.0 Å². The van der Waals surface area contributed by atoms with E-state index in [0.29, 0.717) is 24.8 Å². The second-order valence-corrected chi connectivity index (χ2v) is 9.06. The highest BCUT2D eigenvalue weighted by atomic mass is 16.6. The van der Waals surface area contributed by atoms with E-state index < -0.39 is 29.7 Å². The first-order chi connectivity index (χ1) is 13.0. The number of epoxide rings is 1. The monoisotopic (exact) mass is 392 g/mol. The van der Waals surface area contributed by atoms with E-state index in [1.165, 1.54) is 6.92 Å². The molecule has 1 N–H and O–H groups in total. The zero-order valence-electron chi connectivity index (χ0n) is 17.3. The maximum Gasteiger partial charge on any atom is 0.334 e. The van der Waals surface area contributed by atoms with Gasteiger partial charge in [0.05, 0.1) is 17.3 Å². The summed E-state index contributed by atoms with van der Waals surface area (Å²) < 4.78 is 17.2. The Bertz CT molecular complexity index is 681. The molecular formula is C22H32O6. The molecule has 6 nitrogen and oxygen atoms in total. The predicted octanol–water partition coefficient (Wildman–Crippen LogP) is 3.08. The number of carbonyl (C=O) groups is 2. The number of ether oxygens (including phenoxy) is 3. The lowest BCUT2D eigenvalue weighted by atomic mass is 9.81. The van der Waals surface area contributed by atoms with E-state index in [1.54, 1.807) is 6.92 Å². The molecule has 28 heavy (non-hydrogen) atoms. The van der Waals surface area contributed by atoms with Gasteiger partial charge in [-0.1, -0.05) is 25.7 Å². The molecule has 0 aromatic rings. The minimum Gasteiger partial charge on any atom is -0.458 e. The largest absolute Gasteiger partial charge is 0.458 e. The summed E-state index contributed by atoms with van der Waals surface area (Å²) in [7, 11) is 0. The van der Waals surface area contributed by atoms with Gasteiger partial charge in [-0.05, 0) is 51.9 Å². The van der Waals surface area contributed by atoms with Crippen LogP contribution in [0.3, 0.4) is 0 Å². The maximum atomic E-state index is 12.3. The molecule has 0 aromatic carbocycles. The molecule has 0 saturated carbocycles. The summed E-state index contributed by atoms with van der Waals surface area (Å²) in [5.41, 5.74) is -0.786. The number of hydrogen-bond donors (Lipinski definition) is 1. The summed E-state index contributed by atoms with van der Waals surface area (Å²) in [6.07, 6.45) is 6.10. The summed E-state index contributed by atoms with van der Waals surface area (Å²) in [5, 5.41) is 10.6. The van der Waals surface area contributed by atoms with Crippen molar-refractivity contribution in [3.63, 3.8) is 0 Å². The van der Waals surface area contributed by atoms with Crippen LogP contribution in [0.1, 0.15) is 59.8 Å². The van der Waals surface area contributed by atoms with Crippen molar-refractivity contribution >= 4 is 11.9 Å². The van der Waals surface area contributed by atoms with Crippen LogP contribution in [-0.2, 0) is 23.8 Å². The van der Waals surface area contributed by atoms with Gasteiger partial charge in [-0.25, -0.2) is 4.79 Å². The van der Waals surface area contributed by atoms with Crippen molar-refractivity contribution in [2.75, 3.05) is 0 Å². The SMILES string of the molecule is C=C1C(=O)O[C@H]2[C@H](OC(C)=O)[C@@H](C)CCC[C@@](C)(O)/C=C/C[C@@]3(C)O[C@@H]3C[C@@H]12. The Morgan fingerprint density at radius 3 is 2.79 bits per heavy atom. The lowest BCUT2D eigenvalue weighted by Gasteiger charge is -2.31. The van der Waals surface area contributed by atoms with Gasteiger partial charge >= 0.3 is 11.9 Å². The summed E-state index contributed by atoms with van der Waals surface area (Å²) in [5.74, 6) is -1.08. The highest BCUT2D eigenvalue weighted by Gasteiger charge is 2.56. The molecule has 0 aromatic heterocycles. The van der Waals surface area contributed by atoms with Crippen LogP contribution in [0, 0.1) is 11.8 Å². The number of carbonyl (C=O) groups excluding carboxylic acids is 2. The van der Waals surface area contributed by atoms with Crippen molar-refractivity contribution in [1.82, 2.24) is 0 Å². The molecule has 156 valence electrons. The highest BCUT2D eigenvalue weighted by Crippen LogP contribution is 2.47. The summed E-state index contributed by atoms with van der Waals surface area (Å²) >= 11 is 0. The Balaban J connectivity index is 1.89. The first-order valence-electron chi connectivity index (χ1n) is 10.2. The Kier molecular flexibility index (Phi) is 5.74. The third kappa shape index (κ3) is 4.49. The van der Waals surface area contributed by atoms with E-state index in [9.17, 15) is 14.7 Å². The van der Waals surface area contributed by atoms with Crippen LogP contribution >= 0.6 is 0 Å². The summed E-state index contributed by atoms with van der Waals surface area (Å²) in [6.45, 7) is 11.1. The molecule has 2 fully saturated rings. The second kappa shape index (κ2) is 7.64. The Hall–Kier alpha value is -1.66. The van der Waals surface area contributed by atoms with E-state index >= 15 is 0 Å². The van der Waals surface area contributed by atoms with E-state index in [0.717, 1.165) is 12.8 Å². The lowest BCUT2D eigenvalue weighted by Crippen LogP contribution is -2.40. The first-order valence-corrected chi connectivity index (χ1v) is 10.2. The average Bonchev–Trinajstić information content (AvgIpc) is 3.13. The molecule has 1 aliphatic carbocycles. The minimum absolute atomic E-state index is 0.0238. The third-order valence-corrected chi connectivity index (χ3v) is 6.38. The van der Waals surface area contributed by atoms with Crippen LogP contribution in [0.4, 0.5) is 0 Å². The van der Waals surface area contributed by atoms with Crippen LogP contribution in [-0.4, -0.2) is 46.6 Å². The van der Waals surface area contributed by atoms with Gasteiger partial charge in [-0.2, -0.15) is 0 Å². The van der Waals surface area contributed by atoms with Crippen LogP contribution in [0.25, 0.3) is 0 Å². The van der Waals surface area contributed by atoms with Crippen molar-refractivity contribution in [1.29, 1.82) is 0 Å². The molecule has 6 heteroatoms. The quantitative estimate of drug-likeness (QED) is 0.319. The van der Waals surface area contributed by atoms with Crippen molar-refractivity contribution < 1.29 is 28.9 Å². The number of fused-ring (bicyclic) bond motifs is 2. The Morgan fingerprint density at radius 2 is 2.11 bits per heavy atom. The number of esters is 2. The molecule has 2 aliphatic heterocycles. The van der Waals surface area contributed by atoms with Crippen LogP contribution < -0.4 is 0 Å². The van der Waals surface area contributed by atoms with Crippen LogP contribution in [0.2, 0.25) is 0 Å². The fourth-order valence-corrected chi connectivity index (χ4v) is 4.48. The molecule has 0 spiro atoms. The zero-order chi connectivity index (χ0) is 20.7. The molecule has 0 amide bonds. The molecule has 0 radical (unpaired) electrons. The van der Waals surface area contributed by atoms with E-state index in [2.05, 4.69) is 6.58 Å². The van der Waals surface area contributed by atoms with E-state index in [-0.39, 0.29) is 23.5 Å². The second-order valence-electron chi connectivity index (χ2n) is 9.06. The number of aliphatic hydroxyl groups is 1. The van der Waals surface area contributed by atoms with Gasteiger partial charge in [-0.3, -0.25) is 4.79 Å². The molecular weight excluding hydrogens is 360 g/mol. The van der Waals surface area contributed by atoms with Crippen LogP contribution in [0.15, 0.2) is 24.3 Å². The highest BCUT2D eigenvalue weighted by molar-refractivity contribution is 5.91. The summed E-state index contributed by atoms with van der Waals surface area (Å²) in [4.78, 5) is 24.0. The maximum absolute atomic E-state index is 12.3. The molecule has 3 aliphatic rings. The molecule has 2 heterocycles. The number of rotatable bonds is 1. The van der Waals surface area contributed by atoms with Crippen molar-refractivity contribution in [2.45, 2.75) is 89.3 Å². The average molecular weight is 392 g/mol. The minimum atomic E-state index is -0.891. The summed E-state index contributed by atoms with van der Waals surface area (Å²) in [6, 6.07) is 0. The fourth-order valence-electron chi connectivity index (χ4n) is 4.48. The molecule has 0 bridgehead atoms. The van der Waals surface area contributed by atoms with Crippen molar-refractivity contribution in [2.24, 2.45) is 11.8 Å². The van der Waals surface area contributed by atoms with Gasteiger partial charge in [0.1, 0.15) is 12.2 Å². The predicted molar refractivity (Wildman–Crippen MR) is 103 cm³/mol. The Morgan fingerprint density at radius 1 is 1.39 bits per heavy atom. The Labute approximate surface area is 166 Å². The van der Waals surface area contributed by atoms with Gasteiger partial charge < -0.3 is 19.3 Å². The van der Waals surface area contributed by atoms with Crippen molar-refractivity contribution in [3.8, 4) is 0 Å². The third-order valence-electron chi connectivity index (χ3n) is 6.38. The first kappa shape index (κ1) is 21.1. The van der Waals surface area contributed by atoms with Gasteiger partial charge in [0.25, 0.3) is 0 Å². The van der Waals surface area contributed by atoms with Gasteiger partial charge in [0, 0.05) is 18.4 Å². The zero-order valence-corrected chi connectivity index (χ0v) is 17.3. The molecule has 0 unspecified atom stereocenters. The van der Waals surface area contributed by atoms with Crippen molar-refractivity contribution in [3.05, 3.63) is 24.3 Å². The topological polar surface area (TPSA) is 85.4 Å².